The van der Waals surface area contributed by atoms with Gasteiger partial charge in [-0.15, -0.1) is 15.3 Å². The van der Waals surface area contributed by atoms with Gasteiger partial charge in [-0.3, -0.25) is 0 Å². The smallest absolute Gasteiger partial charge is 0.247 e. The number of anilines is 2. The Morgan fingerprint density at radius 1 is 1.17 bits per heavy atom. The maximum absolute atomic E-state index is 5.84. The van der Waals surface area contributed by atoms with Crippen molar-refractivity contribution in [3.63, 3.8) is 0 Å². The van der Waals surface area contributed by atoms with Gasteiger partial charge in [0.15, 0.2) is 11.0 Å². The maximum atomic E-state index is 5.84. The third-order valence-electron chi connectivity index (χ3n) is 2.84. The Hall–Kier alpha value is -1.89. The van der Waals surface area contributed by atoms with Gasteiger partial charge >= 0.3 is 0 Å². The van der Waals surface area contributed by atoms with Crippen molar-refractivity contribution in [3.05, 3.63) is 17.3 Å². The van der Waals surface area contributed by atoms with Gasteiger partial charge in [0, 0.05) is 13.1 Å². The Balaban J connectivity index is 1.94. The van der Waals surface area contributed by atoms with Gasteiger partial charge in [-0.05, 0) is 25.0 Å². The topological polar surface area (TPSA) is 85.8 Å². The van der Waals surface area contributed by atoms with Crippen molar-refractivity contribution in [2.24, 2.45) is 0 Å². The molecule has 1 aliphatic heterocycles. The predicted octanol–water partition coefficient (Wildman–Crippen LogP) is 0.893. The second-order valence-corrected chi connectivity index (χ2v) is 4.48. The Kier molecular flexibility index (Phi) is 2.75. The number of hydrogen-bond acceptors (Lipinski definition) is 6. The molecule has 0 unspecified atom stereocenters. The zero-order chi connectivity index (χ0) is 12.5. The lowest BCUT2D eigenvalue weighted by Crippen LogP contribution is -2.19. The number of rotatable bonds is 2. The molecule has 3 heterocycles. The Bertz CT molecular complexity index is 544. The summed E-state index contributed by atoms with van der Waals surface area (Å²) in [5, 5.41) is 12.4. The minimum Gasteiger partial charge on any atom is -0.368 e. The number of nitrogens with zero attached hydrogens (tertiary/aromatic N) is 6. The van der Waals surface area contributed by atoms with Crippen LogP contribution in [-0.4, -0.2) is 38.1 Å². The molecule has 0 atom stereocenters. The van der Waals surface area contributed by atoms with E-state index in [0.717, 1.165) is 25.9 Å². The minimum absolute atomic E-state index is 0.300. The Morgan fingerprint density at radius 2 is 1.94 bits per heavy atom. The van der Waals surface area contributed by atoms with Crippen molar-refractivity contribution in [2.45, 2.75) is 12.8 Å². The van der Waals surface area contributed by atoms with Gasteiger partial charge in [-0.2, -0.15) is 9.67 Å². The van der Waals surface area contributed by atoms with Crippen LogP contribution in [0.25, 0.3) is 5.82 Å². The molecule has 8 heteroatoms. The Labute approximate surface area is 109 Å². The van der Waals surface area contributed by atoms with Crippen LogP contribution in [-0.2, 0) is 0 Å². The molecule has 2 aromatic heterocycles. The molecule has 18 heavy (non-hydrogen) atoms. The lowest BCUT2D eigenvalue weighted by Gasteiger charge is -2.10. The fourth-order valence-electron chi connectivity index (χ4n) is 1.95. The molecule has 0 aliphatic carbocycles. The van der Waals surface area contributed by atoms with Crippen molar-refractivity contribution in [2.75, 3.05) is 23.7 Å². The first-order chi connectivity index (χ1) is 8.74. The van der Waals surface area contributed by atoms with E-state index in [0.29, 0.717) is 22.9 Å². The summed E-state index contributed by atoms with van der Waals surface area (Å²) in [4.78, 5) is 6.35. The number of halogens is 1. The van der Waals surface area contributed by atoms with Crippen molar-refractivity contribution in [1.82, 2.24) is 25.0 Å². The average molecular weight is 266 g/mol. The van der Waals surface area contributed by atoms with E-state index in [1.165, 1.54) is 4.68 Å². The summed E-state index contributed by atoms with van der Waals surface area (Å²) in [6.07, 6.45) is 2.32. The van der Waals surface area contributed by atoms with Gasteiger partial charge in [0.1, 0.15) is 0 Å². The van der Waals surface area contributed by atoms with Crippen LogP contribution < -0.4 is 10.6 Å². The van der Waals surface area contributed by atoms with Crippen LogP contribution in [0.1, 0.15) is 12.8 Å². The number of nitrogen functional groups attached to an aromatic ring is 1. The van der Waals surface area contributed by atoms with Gasteiger partial charge < -0.3 is 10.6 Å². The van der Waals surface area contributed by atoms with E-state index in [1.54, 1.807) is 12.1 Å². The zero-order valence-electron chi connectivity index (χ0n) is 9.62. The normalized spacial score (nSPS) is 15.3. The number of aromatic nitrogens is 5. The van der Waals surface area contributed by atoms with Crippen LogP contribution in [0.4, 0.5) is 11.9 Å². The van der Waals surface area contributed by atoms with E-state index in [1.807, 2.05) is 0 Å². The number of hydrogen-bond donors (Lipinski definition) is 1. The summed E-state index contributed by atoms with van der Waals surface area (Å²) in [5.41, 5.74) is 5.84. The zero-order valence-corrected chi connectivity index (χ0v) is 10.4. The van der Waals surface area contributed by atoms with E-state index >= 15 is 0 Å². The highest BCUT2D eigenvalue weighted by Gasteiger charge is 2.19. The highest BCUT2D eigenvalue weighted by atomic mass is 35.5. The fourth-order valence-corrected chi connectivity index (χ4v) is 2.06. The van der Waals surface area contributed by atoms with Gasteiger partial charge in [-0.1, -0.05) is 11.6 Å². The highest BCUT2D eigenvalue weighted by molar-refractivity contribution is 6.29. The first-order valence-electron chi connectivity index (χ1n) is 5.71. The molecule has 0 spiro atoms. The number of nitrogens with two attached hydrogens (primary N) is 1. The van der Waals surface area contributed by atoms with Crippen LogP contribution in [0, 0.1) is 0 Å². The van der Waals surface area contributed by atoms with Crippen molar-refractivity contribution in [1.29, 1.82) is 0 Å². The lowest BCUT2D eigenvalue weighted by atomic mass is 10.4. The average Bonchev–Trinajstić information content (AvgIpc) is 2.99. The first kappa shape index (κ1) is 11.2. The van der Waals surface area contributed by atoms with Crippen LogP contribution >= 0.6 is 11.6 Å². The molecule has 2 N–H and O–H groups in total. The minimum atomic E-state index is 0.300. The van der Waals surface area contributed by atoms with Gasteiger partial charge in [0.25, 0.3) is 0 Å². The molecule has 1 fully saturated rings. The van der Waals surface area contributed by atoms with Crippen LogP contribution in [0.2, 0.25) is 5.15 Å². The summed E-state index contributed by atoms with van der Waals surface area (Å²) in [6.45, 7) is 1.94. The third kappa shape index (κ3) is 1.97. The monoisotopic (exact) mass is 265 g/mol. The molecule has 0 bridgehead atoms. The molecule has 1 aliphatic rings. The van der Waals surface area contributed by atoms with Crippen LogP contribution in [0.3, 0.4) is 0 Å². The highest BCUT2D eigenvalue weighted by Crippen LogP contribution is 2.19. The van der Waals surface area contributed by atoms with E-state index in [-0.39, 0.29) is 0 Å². The van der Waals surface area contributed by atoms with Crippen LogP contribution in [0.5, 0.6) is 0 Å². The molecule has 7 nitrogen and oxygen atoms in total. The van der Waals surface area contributed by atoms with E-state index in [2.05, 4.69) is 25.2 Å². The van der Waals surface area contributed by atoms with Crippen LogP contribution in [0.15, 0.2) is 12.1 Å². The second kappa shape index (κ2) is 4.41. The standard InChI is InChI=1S/C10H12ClN7/c11-7-3-4-8(15-14-7)18-9(12)13-10(16-18)17-5-1-2-6-17/h3-4H,1-2,5-6H2,(H2,12,13,16). The maximum Gasteiger partial charge on any atom is 0.247 e. The van der Waals surface area contributed by atoms with Gasteiger partial charge in [0.05, 0.1) is 0 Å². The van der Waals surface area contributed by atoms with Gasteiger partial charge in [-0.25, -0.2) is 0 Å². The SMILES string of the molecule is Nc1nc(N2CCCC2)nn1-c1ccc(Cl)nn1. The molecule has 3 rings (SSSR count). The van der Waals surface area contributed by atoms with Crippen molar-refractivity contribution >= 4 is 23.5 Å². The summed E-state index contributed by atoms with van der Waals surface area (Å²) in [5.74, 6) is 1.45. The predicted molar refractivity (Wildman–Crippen MR) is 67.8 cm³/mol. The summed E-state index contributed by atoms with van der Waals surface area (Å²) >= 11 is 5.69. The Morgan fingerprint density at radius 3 is 2.61 bits per heavy atom. The molecule has 1 saturated heterocycles. The molecule has 2 aromatic rings. The largest absolute Gasteiger partial charge is 0.368 e. The van der Waals surface area contributed by atoms with E-state index in [4.69, 9.17) is 17.3 Å². The molecule has 0 aromatic carbocycles. The molecule has 0 saturated carbocycles. The first-order valence-corrected chi connectivity index (χ1v) is 6.09. The van der Waals surface area contributed by atoms with Gasteiger partial charge in [0.2, 0.25) is 11.9 Å². The second-order valence-electron chi connectivity index (χ2n) is 4.09. The molecular weight excluding hydrogens is 254 g/mol. The molecular formula is C10H12ClN7. The summed E-state index contributed by atoms with van der Waals surface area (Å²) in [7, 11) is 0. The van der Waals surface area contributed by atoms with E-state index in [9.17, 15) is 0 Å². The summed E-state index contributed by atoms with van der Waals surface area (Å²) < 4.78 is 1.47. The van der Waals surface area contributed by atoms with E-state index < -0.39 is 0 Å². The summed E-state index contributed by atoms with van der Waals surface area (Å²) in [6, 6.07) is 3.34. The fraction of sp³-hybridized carbons (Fsp3) is 0.400. The quantitative estimate of drug-likeness (QED) is 0.868. The molecule has 94 valence electrons. The molecule has 0 amide bonds. The lowest BCUT2D eigenvalue weighted by molar-refractivity contribution is 0.805. The van der Waals surface area contributed by atoms with Crippen molar-refractivity contribution < 1.29 is 0 Å². The third-order valence-corrected chi connectivity index (χ3v) is 3.05. The molecule has 0 radical (unpaired) electrons. The van der Waals surface area contributed by atoms with Crippen molar-refractivity contribution in [3.8, 4) is 5.82 Å².